The predicted molar refractivity (Wildman–Crippen MR) is 70.9 cm³/mol. The van der Waals surface area contributed by atoms with E-state index >= 15 is 0 Å². The van der Waals surface area contributed by atoms with Crippen LogP contribution in [0, 0.1) is 6.92 Å². The Hall–Kier alpha value is -2.82. The number of esters is 1. The van der Waals surface area contributed by atoms with Gasteiger partial charge in [0.2, 0.25) is 0 Å². The number of hydrogen-bond acceptors (Lipinski definition) is 5. The van der Waals surface area contributed by atoms with Crippen LogP contribution in [0.1, 0.15) is 15.9 Å². The van der Waals surface area contributed by atoms with Gasteiger partial charge in [-0.15, -0.1) is 0 Å². The van der Waals surface area contributed by atoms with Gasteiger partial charge in [0.05, 0.1) is 5.56 Å². The first-order valence-electron chi connectivity index (χ1n) is 5.82. The number of carbonyl (C=O) groups excluding carboxylic acids is 2. The highest BCUT2D eigenvalue weighted by atomic mass is 16.5. The molecule has 0 aliphatic rings. The molecule has 0 fully saturated rings. The summed E-state index contributed by atoms with van der Waals surface area (Å²) in [5.41, 5.74) is 0.992. The minimum absolute atomic E-state index is 0.0769. The van der Waals surface area contributed by atoms with Crippen LogP contribution in [0.25, 0.3) is 0 Å². The first kappa shape index (κ1) is 13.6. The van der Waals surface area contributed by atoms with Crippen molar-refractivity contribution in [1.29, 1.82) is 0 Å². The van der Waals surface area contributed by atoms with E-state index in [1.54, 1.807) is 19.1 Å². The van der Waals surface area contributed by atoms with Gasteiger partial charge >= 0.3 is 5.97 Å². The summed E-state index contributed by atoms with van der Waals surface area (Å²) in [7, 11) is 0. The molecular formula is C15H12O5. The van der Waals surface area contributed by atoms with E-state index in [0.29, 0.717) is 29.1 Å². The molecule has 0 unspecified atom stereocenters. The number of carbonyl (C=O) groups is 2. The van der Waals surface area contributed by atoms with E-state index in [2.05, 4.69) is 0 Å². The predicted octanol–water partition coefficient (Wildman–Crippen LogP) is 2.46. The second-order valence-corrected chi connectivity index (χ2v) is 4.08. The van der Waals surface area contributed by atoms with E-state index in [-0.39, 0.29) is 5.75 Å². The molecule has 20 heavy (non-hydrogen) atoms. The lowest BCUT2D eigenvalue weighted by Crippen LogP contribution is -2.09. The average Bonchev–Trinajstić information content (AvgIpc) is 2.43. The first-order valence-corrected chi connectivity index (χ1v) is 5.82. The second-order valence-electron chi connectivity index (χ2n) is 4.08. The Morgan fingerprint density at radius 3 is 2.45 bits per heavy atom. The van der Waals surface area contributed by atoms with Crippen LogP contribution >= 0.6 is 0 Å². The molecule has 0 heterocycles. The van der Waals surface area contributed by atoms with Crippen LogP contribution < -0.4 is 9.47 Å². The summed E-state index contributed by atoms with van der Waals surface area (Å²) in [4.78, 5) is 22.1. The van der Waals surface area contributed by atoms with Crippen LogP contribution in [0.4, 0.5) is 0 Å². The minimum Gasteiger partial charge on any atom is -0.508 e. The number of rotatable bonds is 4. The molecule has 0 aromatic heterocycles. The molecule has 2 aromatic rings. The SMILES string of the molecule is Cc1cc(OC=O)ccc1OC(=O)c1ccc(O)cc1. The highest BCUT2D eigenvalue weighted by molar-refractivity contribution is 5.91. The van der Waals surface area contributed by atoms with Crippen LogP contribution in [0.2, 0.25) is 0 Å². The molecular weight excluding hydrogens is 260 g/mol. The molecule has 2 rings (SSSR count). The summed E-state index contributed by atoms with van der Waals surface area (Å²) in [5.74, 6) is 0.300. The zero-order valence-electron chi connectivity index (χ0n) is 10.7. The summed E-state index contributed by atoms with van der Waals surface area (Å²) in [6.07, 6.45) is 0. The maximum Gasteiger partial charge on any atom is 0.343 e. The Morgan fingerprint density at radius 1 is 1.15 bits per heavy atom. The van der Waals surface area contributed by atoms with Gasteiger partial charge in [-0.1, -0.05) is 0 Å². The lowest BCUT2D eigenvalue weighted by Gasteiger charge is -2.08. The van der Waals surface area contributed by atoms with Crippen molar-refractivity contribution in [2.24, 2.45) is 0 Å². The third kappa shape index (κ3) is 3.14. The monoisotopic (exact) mass is 272 g/mol. The number of ether oxygens (including phenoxy) is 2. The number of phenolic OH excluding ortho intramolecular Hbond substituents is 1. The zero-order chi connectivity index (χ0) is 14.5. The van der Waals surface area contributed by atoms with Gasteiger partial charge in [-0.3, -0.25) is 4.79 Å². The van der Waals surface area contributed by atoms with Crippen molar-refractivity contribution in [3.8, 4) is 17.2 Å². The highest BCUT2D eigenvalue weighted by Gasteiger charge is 2.10. The molecule has 0 aliphatic heterocycles. The van der Waals surface area contributed by atoms with Crippen LogP contribution in [0.3, 0.4) is 0 Å². The van der Waals surface area contributed by atoms with Gasteiger partial charge in [0.15, 0.2) is 0 Å². The second kappa shape index (κ2) is 5.88. The summed E-state index contributed by atoms with van der Waals surface area (Å²) in [5, 5.41) is 9.16. The fraction of sp³-hybridized carbons (Fsp3) is 0.0667. The fourth-order valence-electron chi connectivity index (χ4n) is 1.62. The van der Waals surface area contributed by atoms with E-state index in [1.807, 2.05) is 0 Å². The summed E-state index contributed by atoms with van der Waals surface area (Å²) in [6.45, 7) is 2.06. The van der Waals surface area contributed by atoms with Crippen molar-refractivity contribution in [3.63, 3.8) is 0 Å². The fourth-order valence-corrected chi connectivity index (χ4v) is 1.62. The van der Waals surface area contributed by atoms with Crippen LogP contribution in [-0.2, 0) is 4.79 Å². The summed E-state index contributed by atoms with van der Waals surface area (Å²) in [6, 6.07) is 10.4. The molecule has 0 aliphatic carbocycles. The van der Waals surface area contributed by atoms with Gasteiger partial charge in [0.1, 0.15) is 17.2 Å². The van der Waals surface area contributed by atoms with Crippen molar-refractivity contribution in [1.82, 2.24) is 0 Å². The van der Waals surface area contributed by atoms with Crippen molar-refractivity contribution in [2.75, 3.05) is 0 Å². The normalized spacial score (nSPS) is 9.85. The van der Waals surface area contributed by atoms with Gasteiger partial charge in [-0.2, -0.15) is 0 Å². The standard InChI is InChI=1S/C15H12O5/c1-10-8-13(19-9-16)6-7-14(10)20-15(18)11-2-4-12(17)5-3-11/h2-9,17H,1H3. The van der Waals surface area contributed by atoms with Gasteiger partial charge in [0.25, 0.3) is 6.47 Å². The molecule has 5 heteroatoms. The molecule has 5 nitrogen and oxygen atoms in total. The topological polar surface area (TPSA) is 72.8 Å². The lowest BCUT2D eigenvalue weighted by atomic mass is 10.2. The van der Waals surface area contributed by atoms with E-state index in [1.165, 1.54) is 30.3 Å². The van der Waals surface area contributed by atoms with Gasteiger partial charge in [0, 0.05) is 0 Å². The average molecular weight is 272 g/mol. The number of benzene rings is 2. The van der Waals surface area contributed by atoms with E-state index < -0.39 is 5.97 Å². The van der Waals surface area contributed by atoms with Crippen molar-refractivity contribution in [2.45, 2.75) is 6.92 Å². The quantitative estimate of drug-likeness (QED) is 0.526. The third-order valence-electron chi connectivity index (χ3n) is 2.64. The third-order valence-corrected chi connectivity index (χ3v) is 2.64. The van der Waals surface area contributed by atoms with Crippen LogP contribution in [0.15, 0.2) is 42.5 Å². The molecule has 0 saturated heterocycles. The smallest absolute Gasteiger partial charge is 0.343 e. The number of hydrogen-bond donors (Lipinski definition) is 1. The Labute approximate surface area is 115 Å². The molecule has 0 radical (unpaired) electrons. The summed E-state index contributed by atoms with van der Waals surface area (Å²) >= 11 is 0. The number of phenols is 1. The Kier molecular flexibility index (Phi) is 4.00. The molecule has 0 atom stereocenters. The lowest BCUT2D eigenvalue weighted by molar-refractivity contribution is -0.120. The highest BCUT2D eigenvalue weighted by Crippen LogP contribution is 2.24. The minimum atomic E-state index is -0.530. The molecule has 1 N–H and O–H groups in total. The van der Waals surface area contributed by atoms with Crippen molar-refractivity contribution < 1.29 is 24.2 Å². The van der Waals surface area contributed by atoms with Gasteiger partial charge in [-0.25, -0.2) is 4.79 Å². The van der Waals surface area contributed by atoms with Gasteiger partial charge in [-0.05, 0) is 55.0 Å². The summed E-state index contributed by atoms with van der Waals surface area (Å²) < 4.78 is 9.94. The first-order chi connectivity index (χ1) is 9.60. The zero-order valence-corrected chi connectivity index (χ0v) is 10.7. The molecule has 2 aromatic carbocycles. The van der Waals surface area contributed by atoms with Crippen molar-refractivity contribution in [3.05, 3.63) is 53.6 Å². The Morgan fingerprint density at radius 2 is 1.85 bits per heavy atom. The Bertz CT molecular complexity index is 631. The van der Waals surface area contributed by atoms with Crippen LogP contribution in [0.5, 0.6) is 17.2 Å². The van der Waals surface area contributed by atoms with E-state index in [4.69, 9.17) is 14.6 Å². The van der Waals surface area contributed by atoms with Gasteiger partial charge < -0.3 is 14.6 Å². The number of aryl methyl sites for hydroxylation is 1. The van der Waals surface area contributed by atoms with E-state index in [9.17, 15) is 9.59 Å². The molecule has 0 saturated carbocycles. The number of aromatic hydroxyl groups is 1. The molecule has 0 spiro atoms. The van der Waals surface area contributed by atoms with Crippen molar-refractivity contribution >= 4 is 12.4 Å². The molecule has 102 valence electrons. The Balaban J connectivity index is 2.15. The van der Waals surface area contributed by atoms with E-state index in [0.717, 1.165) is 0 Å². The maximum atomic E-state index is 11.9. The van der Waals surface area contributed by atoms with Crippen LogP contribution in [-0.4, -0.2) is 17.5 Å². The molecule has 0 bridgehead atoms. The maximum absolute atomic E-state index is 11.9. The largest absolute Gasteiger partial charge is 0.508 e. The molecule has 0 amide bonds.